The Morgan fingerprint density at radius 2 is 1.48 bits per heavy atom. The summed E-state index contributed by atoms with van der Waals surface area (Å²) in [6, 6.07) is 22.3. The lowest BCUT2D eigenvalue weighted by atomic mass is 10.2. The van der Waals surface area contributed by atoms with E-state index in [2.05, 4.69) is 53.1 Å². The Labute approximate surface area is 217 Å². The molecule has 6 nitrogen and oxygen atoms in total. The number of anilines is 3. The summed E-state index contributed by atoms with van der Waals surface area (Å²) in [6.07, 6.45) is -1.84. The summed E-state index contributed by atoms with van der Waals surface area (Å²) in [5, 5.41) is 3.31. The third kappa shape index (κ3) is 5.10. The van der Waals surface area contributed by atoms with Crippen LogP contribution in [0.5, 0.6) is 0 Å². The number of nitrogens with one attached hydrogen (secondary N) is 1. The molecular weight excluding hydrogens is 618 g/mol. The molecule has 0 spiro atoms. The highest BCUT2D eigenvalue weighted by Crippen LogP contribution is 2.36. The predicted octanol–water partition coefficient (Wildman–Crippen LogP) is 6.15. The quantitative estimate of drug-likeness (QED) is 0.329. The van der Waals surface area contributed by atoms with Crippen LogP contribution in [-0.4, -0.2) is 30.8 Å². The minimum atomic E-state index is -0.995. The Bertz CT molecular complexity index is 1190. The van der Waals surface area contributed by atoms with E-state index >= 15 is 0 Å². The molecule has 0 radical (unpaired) electrons. The van der Waals surface area contributed by atoms with Gasteiger partial charge in [0.1, 0.15) is 0 Å². The normalized spacial score (nSPS) is 17.9. The molecule has 9 heteroatoms. The minimum Gasteiger partial charge on any atom is -0.463 e. The van der Waals surface area contributed by atoms with Gasteiger partial charge in [-0.3, -0.25) is 9.69 Å². The van der Waals surface area contributed by atoms with Gasteiger partial charge in [0.2, 0.25) is 6.17 Å². The van der Waals surface area contributed by atoms with Crippen molar-refractivity contribution in [2.45, 2.75) is 19.3 Å². The lowest BCUT2D eigenvalue weighted by Gasteiger charge is -2.31. The van der Waals surface area contributed by atoms with Gasteiger partial charge in [-0.15, -0.1) is 0 Å². The van der Waals surface area contributed by atoms with E-state index in [-0.39, 0.29) is 12.5 Å². The molecule has 170 valence electrons. The van der Waals surface area contributed by atoms with Gasteiger partial charge in [0.25, 0.3) is 5.91 Å². The lowest BCUT2D eigenvalue weighted by Crippen LogP contribution is -2.49. The molecule has 1 aliphatic rings. The van der Waals surface area contributed by atoms with Crippen LogP contribution in [0.25, 0.3) is 0 Å². The first-order valence-corrected chi connectivity index (χ1v) is 12.6. The average molecular weight is 638 g/mol. The molecule has 1 saturated heterocycles. The zero-order chi connectivity index (χ0) is 23.5. The Balaban J connectivity index is 1.87. The van der Waals surface area contributed by atoms with Crippen molar-refractivity contribution in [2.24, 2.45) is 0 Å². The number of hydrogen-bond acceptors (Lipinski definition) is 5. The smallest absolute Gasteiger partial charge is 0.350 e. The van der Waals surface area contributed by atoms with Crippen molar-refractivity contribution in [1.29, 1.82) is 0 Å². The maximum absolute atomic E-state index is 13.9. The molecule has 1 amide bonds. The molecule has 1 aliphatic heterocycles. The van der Waals surface area contributed by atoms with E-state index in [0.29, 0.717) is 11.4 Å². The fraction of sp³-hybridized carbons (Fsp3) is 0.167. The monoisotopic (exact) mass is 635 g/mol. The number of halogens is 3. The first-order chi connectivity index (χ1) is 15.9. The highest BCUT2D eigenvalue weighted by Gasteiger charge is 2.51. The maximum Gasteiger partial charge on any atom is 0.350 e. The van der Waals surface area contributed by atoms with Crippen molar-refractivity contribution < 1.29 is 14.3 Å². The maximum atomic E-state index is 13.9. The number of amides is 1. The number of ether oxygens (including phenoxy) is 1. The average Bonchev–Trinajstić information content (AvgIpc) is 3.06. The van der Waals surface area contributed by atoms with Crippen molar-refractivity contribution in [1.82, 2.24) is 0 Å². The number of rotatable bonds is 6. The third-order valence-electron chi connectivity index (χ3n) is 5.08. The van der Waals surface area contributed by atoms with Crippen molar-refractivity contribution in [3.05, 3.63) is 86.2 Å². The Morgan fingerprint density at radius 1 is 0.909 bits per heavy atom. The van der Waals surface area contributed by atoms with Crippen molar-refractivity contribution in [3.8, 4) is 0 Å². The summed E-state index contributed by atoms with van der Waals surface area (Å²) in [4.78, 5) is 30.4. The van der Waals surface area contributed by atoms with E-state index < -0.39 is 18.3 Å². The van der Waals surface area contributed by atoms with Gasteiger partial charge in [0.05, 0.1) is 6.61 Å². The number of esters is 1. The van der Waals surface area contributed by atoms with Gasteiger partial charge >= 0.3 is 5.97 Å². The molecular formula is C24H20Br3N3O3. The van der Waals surface area contributed by atoms with E-state index in [0.717, 1.165) is 19.1 Å². The van der Waals surface area contributed by atoms with Gasteiger partial charge < -0.3 is 15.0 Å². The van der Waals surface area contributed by atoms with Crippen LogP contribution in [0.4, 0.5) is 17.1 Å². The van der Waals surface area contributed by atoms with Crippen LogP contribution >= 0.6 is 47.8 Å². The Morgan fingerprint density at radius 3 is 2.09 bits per heavy atom. The SMILES string of the molecule is CCOC(=O)C1N(c2cccc(Br)c2)C(=O)C(Nc2cccc(Br)c2)N1c1cccc(Br)c1. The van der Waals surface area contributed by atoms with Gasteiger partial charge in [0.15, 0.2) is 6.17 Å². The second kappa shape index (κ2) is 10.3. The van der Waals surface area contributed by atoms with Gasteiger partial charge in [0, 0.05) is 30.5 Å². The molecule has 3 aromatic carbocycles. The Hall–Kier alpha value is -2.36. The number of nitrogens with zero attached hydrogens (tertiary/aromatic N) is 2. The first-order valence-electron chi connectivity index (χ1n) is 10.2. The molecule has 33 heavy (non-hydrogen) atoms. The standard InChI is InChI=1S/C24H20Br3N3O3/c1-2-33-24(32)22-29(19-10-4-7-16(26)13-19)21(28-18-9-3-6-15(25)12-18)23(31)30(22)20-11-5-8-17(27)14-20/h3-14,21-22,28H,2H2,1H3. The highest BCUT2D eigenvalue weighted by molar-refractivity contribution is 9.11. The zero-order valence-corrected chi connectivity index (χ0v) is 22.3. The number of carbonyl (C=O) groups is 2. The van der Waals surface area contributed by atoms with Crippen molar-refractivity contribution >= 4 is 76.7 Å². The second-order valence-corrected chi connectivity index (χ2v) is 10.0. The van der Waals surface area contributed by atoms with Crippen molar-refractivity contribution in [2.75, 3.05) is 21.7 Å². The molecule has 1 heterocycles. The summed E-state index contributed by atoms with van der Waals surface area (Å²) in [7, 11) is 0. The largest absolute Gasteiger partial charge is 0.463 e. The molecule has 2 atom stereocenters. The zero-order valence-electron chi connectivity index (χ0n) is 17.5. The molecule has 3 aromatic rings. The Kier molecular flexibility index (Phi) is 7.41. The summed E-state index contributed by atoms with van der Waals surface area (Å²) < 4.78 is 7.93. The highest BCUT2D eigenvalue weighted by atomic mass is 79.9. The third-order valence-corrected chi connectivity index (χ3v) is 6.56. The van der Waals surface area contributed by atoms with Crippen LogP contribution in [0.15, 0.2) is 86.2 Å². The fourth-order valence-corrected chi connectivity index (χ4v) is 4.93. The van der Waals surface area contributed by atoms with Crippen LogP contribution < -0.4 is 15.1 Å². The molecule has 0 bridgehead atoms. The van der Waals surface area contributed by atoms with E-state index in [9.17, 15) is 9.59 Å². The van der Waals surface area contributed by atoms with E-state index in [1.165, 1.54) is 4.90 Å². The molecule has 0 aromatic heterocycles. The first kappa shape index (κ1) is 23.8. The molecule has 2 unspecified atom stereocenters. The molecule has 1 fully saturated rings. The van der Waals surface area contributed by atoms with Gasteiger partial charge in [-0.05, 0) is 61.5 Å². The molecule has 0 saturated carbocycles. The van der Waals surface area contributed by atoms with E-state index in [1.807, 2.05) is 66.7 Å². The predicted molar refractivity (Wildman–Crippen MR) is 140 cm³/mol. The number of benzene rings is 3. The van der Waals surface area contributed by atoms with Gasteiger partial charge in [-0.1, -0.05) is 66.0 Å². The summed E-state index contributed by atoms with van der Waals surface area (Å²) in [5.74, 6) is -0.782. The molecule has 0 aliphatic carbocycles. The summed E-state index contributed by atoms with van der Waals surface area (Å²) in [6.45, 7) is 1.95. The summed E-state index contributed by atoms with van der Waals surface area (Å²) in [5.41, 5.74) is 2.02. The van der Waals surface area contributed by atoms with Crippen LogP contribution in [0.1, 0.15) is 6.92 Å². The van der Waals surface area contributed by atoms with Crippen LogP contribution in [0.3, 0.4) is 0 Å². The van der Waals surface area contributed by atoms with Crippen LogP contribution in [0.2, 0.25) is 0 Å². The molecule has 1 N–H and O–H groups in total. The number of carbonyl (C=O) groups excluding carboxylic acids is 2. The van der Waals surface area contributed by atoms with Crippen LogP contribution in [0, 0.1) is 0 Å². The lowest BCUT2D eigenvalue weighted by molar-refractivity contribution is -0.144. The van der Waals surface area contributed by atoms with E-state index in [1.54, 1.807) is 17.9 Å². The minimum absolute atomic E-state index is 0.200. The number of hydrogen-bond donors (Lipinski definition) is 1. The second-order valence-electron chi connectivity index (χ2n) is 7.26. The fourth-order valence-electron chi connectivity index (χ4n) is 3.76. The van der Waals surface area contributed by atoms with Crippen LogP contribution in [-0.2, 0) is 14.3 Å². The topological polar surface area (TPSA) is 61.9 Å². The van der Waals surface area contributed by atoms with Crippen molar-refractivity contribution in [3.63, 3.8) is 0 Å². The molecule has 4 rings (SSSR count). The van der Waals surface area contributed by atoms with Gasteiger partial charge in [-0.2, -0.15) is 0 Å². The van der Waals surface area contributed by atoms with E-state index in [4.69, 9.17) is 4.74 Å². The van der Waals surface area contributed by atoms with Gasteiger partial charge in [-0.25, -0.2) is 4.79 Å². The summed E-state index contributed by atoms with van der Waals surface area (Å²) >= 11 is 10.4.